The molecule has 0 aromatic carbocycles. The van der Waals surface area contributed by atoms with E-state index in [2.05, 4.69) is 59.4 Å². The summed E-state index contributed by atoms with van der Waals surface area (Å²) in [7, 11) is -9.73. The number of esters is 2. The van der Waals surface area contributed by atoms with E-state index in [1.165, 1.54) is 19.3 Å². The average Bonchev–Trinajstić information content (AvgIpc) is 3.23. The number of allylic oxidation sites excluding steroid dienone is 14. The first kappa shape index (κ1) is 59.0. The zero-order valence-corrected chi connectivity index (χ0v) is 38.8. The highest BCUT2D eigenvalue weighted by atomic mass is 31.2. The van der Waals surface area contributed by atoms with E-state index in [9.17, 15) is 33.8 Å². The van der Waals surface area contributed by atoms with E-state index < -0.39 is 72.3 Å². The number of rotatable bonds is 40. The molecule has 0 aliphatic carbocycles. The normalized spacial score (nSPS) is 15.4. The molecule has 0 bridgehead atoms. The van der Waals surface area contributed by atoms with Crippen molar-refractivity contribution in [3.63, 3.8) is 0 Å². The largest absolute Gasteiger partial charge is 0.472 e. The Bertz CT molecular complexity index is 1480. The summed E-state index contributed by atoms with van der Waals surface area (Å²) in [5, 5.41) is 19.7. The van der Waals surface area contributed by atoms with Crippen LogP contribution in [0.3, 0.4) is 0 Å². The number of hydrogen-bond donors (Lipinski definition) is 5. The van der Waals surface area contributed by atoms with Crippen LogP contribution in [0.4, 0.5) is 0 Å². The van der Waals surface area contributed by atoms with Crippen molar-refractivity contribution in [3.05, 3.63) is 97.2 Å². The third-order valence-electron chi connectivity index (χ3n) is 8.54. The van der Waals surface area contributed by atoms with Gasteiger partial charge in [0.15, 0.2) is 6.10 Å². The maximum atomic E-state index is 12.7. The van der Waals surface area contributed by atoms with Gasteiger partial charge in [-0.3, -0.25) is 23.2 Å². The summed E-state index contributed by atoms with van der Waals surface area (Å²) < 4.78 is 47.6. The monoisotopic (exact) mass is 914 g/mol. The van der Waals surface area contributed by atoms with Crippen LogP contribution in [-0.2, 0) is 41.8 Å². The lowest BCUT2D eigenvalue weighted by atomic mass is 10.1. The number of unbranched alkanes of at least 4 members (excludes halogenated alkanes) is 8. The van der Waals surface area contributed by atoms with Crippen LogP contribution in [0.25, 0.3) is 0 Å². The van der Waals surface area contributed by atoms with Crippen LogP contribution in [-0.4, -0.2) is 81.6 Å². The van der Waals surface area contributed by atoms with Gasteiger partial charge in [0.25, 0.3) is 0 Å². The number of phosphoric acid groups is 2. The Morgan fingerprint density at radius 1 is 0.548 bits per heavy atom. The van der Waals surface area contributed by atoms with Gasteiger partial charge in [-0.05, 0) is 77.0 Å². The van der Waals surface area contributed by atoms with Gasteiger partial charge in [0.05, 0.1) is 25.9 Å². The minimum absolute atomic E-state index is 0.0382. The molecule has 16 heteroatoms. The maximum absolute atomic E-state index is 12.7. The third kappa shape index (κ3) is 43.6. The Balaban J connectivity index is 4.72. The standard InChI is InChI=1S/C46H76O14P2/c1-3-5-7-9-11-12-13-14-15-16-17-22-25-29-33-37-46(50)60-44(41-59-62(54,55)58-39-43(48)38-57-61(51,52)53)40-56-45(49)36-32-28-24-21-19-18-20-23-27-31-35-42(47)34-30-26-10-8-6-4-2/h6,8,11-12,14-15,18-19,23-24,26-28,30-31,35,42-44,47-48H,3-5,7,9-10,13,16-17,20-22,25,29,32-34,36-41H2,1-2H3,(H,54,55)(H2,51,52,53)/b8-6-,12-11-,15-14-,19-18-,27-23-,28-24-,30-26-,35-31+/t42?,43-,44+/m0/s1. The summed E-state index contributed by atoms with van der Waals surface area (Å²) in [5.74, 6) is -1.18. The van der Waals surface area contributed by atoms with E-state index in [1.54, 1.807) is 6.08 Å². The summed E-state index contributed by atoms with van der Waals surface area (Å²) in [6.45, 7) is 1.42. The van der Waals surface area contributed by atoms with Gasteiger partial charge in [-0.2, -0.15) is 0 Å². The lowest BCUT2D eigenvalue weighted by Gasteiger charge is -2.20. The maximum Gasteiger partial charge on any atom is 0.472 e. The molecule has 0 aliphatic heterocycles. The van der Waals surface area contributed by atoms with Gasteiger partial charge in [0, 0.05) is 12.8 Å². The van der Waals surface area contributed by atoms with Crippen molar-refractivity contribution in [1.82, 2.24) is 0 Å². The van der Waals surface area contributed by atoms with Crippen molar-refractivity contribution < 1.29 is 66.7 Å². The fourth-order valence-corrected chi connectivity index (χ4v) is 6.35. The molecule has 0 spiro atoms. The molecule has 5 N–H and O–H groups in total. The van der Waals surface area contributed by atoms with E-state index in [0.717, 1.165) is 64.2 Å². The Morgan fingerprint density at radius 2 is 1.10 bits per heavy atom. The van der Waals surface area contributed by atoms with Gasteiger partial charge in [-0.1, -0.05) is 143 Å². The lowest BCUT2D eigenvalue weighted by molar-refractivity contribution is -0.161. The molecule has 62 heavy (non-hydrogen) atoms. The second-order valence-corrected chi connectivity index (χ2v) is 17.1. The molecule has 0 aliphatic rings. The van der Waals surface area contributed by atoms with Crippen molar-refractivity contribution in [1.29, 1.82) is 0 Å². The fraction of sp³-hybridized carbons (Fsp3) is 0.609. The van der Waals surface area contributed by atoms with Crippen LogP contribution < -0.4 is 0 Å². The first-order valence-corrected chi connectivity index (χ1v) is 25.1. The van der Waals surface area contributed by atoms with E-state index >= 15 is 0 Å². The van der Waals surface area contributed by atoms with Gasteiger partial charge < -0.3 is 34.4 Å². The minimum atomic E-state index is -4.88. The predicted octanol–water partition coefficient (Wildman–Crippen LogP) is 10.3. The molecule has 4 atom stereocenters. The topological polar surface area (TPSA) is 216 Å². The molecule has 0 saturated heterocycles. The SMILES string of the molecule is CC/C=C\C/C=C\CC(O)/C=C/C=C\C/C=C\C/C=C\CCC(=O)OC[C@H](COP(=O)(O)OC[C@@H](O)COP(=O)(O)O)OC(=O)CCCCCCC/C=C\C/C=C\CCCCC. The van der Waals surface area contributed by atoms with Gasteiger partial charge in [-0.25, -0.2) is 9.13 Å². The third-order valence-corrected chi connectivity index (χ3v) is 9.98. The molecular weight excluding hydrogens is 838 g/mol. The van der Waals surface area contributed by atoms with Crippen LogP contribution >= 0.6 is 15.6 Å². The summed E-state index contributed by atoms with van der Waals surface area (Å²) >= 11 is 0. The number of aliphatic hydroxyl groups excluding tert-OH is 2. The zero-order chi connectivity index (χ0) is 46.0. The number of carbonyl (C=O) groups excluding carboxylic acids is 2. The van der Waals surface area contributed by atoms with Gasteiger partial charge >= 0.3 is 27.6 Å². The number of phosphoric ester groups is 2. The van der Waals surface area contributed by atoms with E-state index in [-0.39, 0.29) is 12.8 Å². The minimum Gasteiger partial charge on any atom is -0.462 e. The second kappa shape index (κ2) is 40.8. The highest BCUT2D eigenvalue weighted by Crippen LogP contribution is 2.43. The number of hydrogen-bond acceptors (Lipinski definition) is 11. The Morgan fingerprint density at radius 3 is 1.76 bits per heavy atom. The van der Waals surface area contributed by atoms with E-state index in [0.29, 0.717) is 25.7 Å². The van der Waals surface area contributed by atoms with Crippen molar-refractivity contribution in [2.75, 3.05) is 26.4 Å². The number of ether oxygens (including phenoxy) is 2. The lowest BCUT2D eigenvalue weighted by Crippen LogP contribution is -2.29. The van der Waals surface area contributed by atoms with Crippen LogP contribution in [0.5, 0.6) is 0 Å². The summed E-state index contributed by atoms with van der Waals surface area (Å²) in [5.41, 5.74) is 0. The Kier molecular flexibility index (Phi) is 38.8. The first-order chi connectivity index (χ1) is 29.8. The molecular formula is C46H76O14P2. The molecule has 14 nitrogen and oxygen atoms in total. The molecule has 0 heterocycles. The Hall–Kier alpha value is -3.00. The highest BCUT2D eigenvalue weighted by Gasteiger charge is 2.28. The molecule has 0 amide bonds. The molecule has 0 aromatic heterocycles. The first-order valence-electron chi connectivity index (χ1n) is 22.0. The van der Waals surface area contributed by atoms with Gasteiger partial charge in [-0.15, -0.1) is 0 Å². The van der Waals surface area contributed by atoms with Gasteiger partial charge in [0.1, 0.15) is 12.7 Å². The van der Waals surface area contributed by atoms with Gasteiger partial charge in [0.2, 0.25) is 0 Å². The van der Waals surface area contributed by atoms with Crippen LogP contribution in [0.1, 0.15) is 136 Å². The number of carbonyl (C=O) groups is 2. The molecule has 354 valence electrons. The smallest absolute Gasteiger partial charge is 0.462 e. The molecule has 0 fully saturated rings. The van der Waals surface area contributed by atoms with E-state index in [1.807, 2.05) is 54.7 Å². The summed E-state index contributed by atoms with van der Waals surface area (Å²) in [6, 6.07) is 0. The van der Waals surface area contributed by atoms with Crippen molar-refractivity contribution in [2.45, 2.75) is 154 Å². The highest BCUT2D eigenvalue weighted by molar-refractivity contribution is 7.47. The zero-order valence-electron chi connectivity index (χ0n) is 37.0. The molecule has 2 unspecified atom stereocenters. The average molecular weight is 915 g/mol. The molecule has 0 radical (unpaired) electrons. The Labute approximate surface area is 371 Å². The van der Waals surface area contributed by atoms with Crippen LogP contribution in [0.2, 0.25) is 0 Å². The molecule has 0 aromatic rings. The molecule has 0 rings (SSSR count). The van der Waals surface area contributed by atoms with Crippen molar-refractivity contribution >= 4 is 27.6 Å². The van der Waals surface area contributed by atoms with Crippen molar-refractivity contribution in [3.8, 4) is 0 Å². The number of aliphatic hydroxyl groups is 2. The van der Waals surface area contributed by atoms with Crippen LogP contribution in [0, 0.1) is 0 Å². The fourth-order valence-electron chi connectivity index (χ4n) is 5.19. The summed E-state index contributed by atoms with van der Waals surface area (Å²) in [6.07, 6.45) is 44.4. The van der Waals surface area contributed by atoms with Crippen molar-refractivity contribution in [2.24, 2.45) is 0 Å². The predicted molar refractivity (Wildman–Crippen MR) is 245 cm³/mol. The molecule has 0 saturated carbocycles. The second-order valence-electron chi connectivity index (χ2n) is 14.4. The quantitative estimate of drug-likeness (QED) is 0.0127. The summed E-state index contributed by atoms with van der Waals surface area (Å²) in [4.78, 5) is 52.7. The van der Waals surface area contributed by atoms with Crippen LogP contribution in [0.15, 0.2) is 97.2 Å². The van der Waals surface area contributed by atoms with E-state index in [4.69, 9.17) is 23.8 Å².